The van der Waals surface area contributed by atoms with Crippen molar-refractivity contribution in [3.8, 4) is 11.5 Å². The summed E-state index contributed by atoms with van der Waals surface area (Å²) in [6.07, 6.45) is 20.0. The van der Waals surface area contributed by atoms with Gasteiger partial charge in [0.25, 0.3) is 0 Å². The molecular formula is C39H64O2. The third-order valence-electron chi connectivity index (χ3n) is 9.74. The lowest BCUT2D eigenvalue weighted by Gasteiger charge is -2.28. The van der Waals surface area contributed by atoms with Gasteiger partial charge in [-0.15, -0.1) is 0 Å². The highest BCUT2D eigenvalue weighted by Crippen LogP contribution is 2.41. The number of aromatic hydroxyl groups is 2. The second-order valence-electron chi connectivity index (χ2n) is 14.0. The number of hydrogen-bond donors (Lipinski definition) is 2. The van der Waals surface area contributed by atoms with Crippen LogP contribution in [-0.2, 0) is 30.1 Å². The van der Waals surface area contributed by atoms with Gasteiger partial charge >= 0.3 is 0 Å². The van der Waals surface area contributed by atoms with Crippen molar-refractivity contribution in [2.75, 3.05) is 0 Å². The van der Waals surface area contributed by atoms with Crippen LogP contribution in [0.5, 0.6) is 11.5 Å². The van der Waals surface area contributed by atoms with Crippen molar-refractivity contribution in [1.82, 2.24) is 0 Å². The maximum atomic E-state index is 11.6. The van der Waals surface area contributed by atoms with Gasteiger partial charge in [0.1, 0.15) is 11.5 Å². The molecule has 0 heterocycles. The van der Waals surface area contributed by atoms with Crippen LogP contribution in [0.4, 0.5) is 0 Å². The molecule has 0 saturated carbocycles. The van der Waals surface area contributed by atoms with E-state index < -0.39 is 0 Å². The van der Waals surface area contributed by atoms with E-state index in [2.05, 4.69) is 79.7 Å². The summed E-state index contributed by atoms with van der Waals surface area (Å²) in [6.45, 7) is 17.9. The van der Waals surface area contributed by atoms with Gasteiger partial charge in [-0.25, -0.2) is 0 Å². The molecule has 0 spiro atoms. The van der Waals surface area contributed by atoms with Gasteiger partial charge in [-0.1, -0.05) is 144 Å². The Morgan fingerprint density at radius 2 is 0.829 bits per heavy atom. The number of benzene rings is 2. The minimum Gasteiger partial charge on any atom is -0.507 e. The van der Waals surface area contributed by atoms with E-state index in [1.165, 1.54) is 88.2 Å². The predicted molar refractivity (Wildman–Crippen MR) is 180 cm³/mol. The molecule has 2 aromatic rings. The van der Waals surface area contributed by atoms with Crippen molar-refractivity contribution in [1.29, 1.82) is 0 Å². The van der Waals surface area contributed by atoms with Crippen molar-refractivity contribution in [3.63, 3.8) is 0 Å². The van der Waals surface area contributed by atoms with Crippen molar-refractivity contribution in [2.45, 2.75) is 175 Å². The Labute approximate surface area is 254 Å². The molecule has 2 rings (SSSR count). The number of hydrogen-bond acceptors (Lipinski definition) is 2. The Morgan fingerprint density at radius 1 is 0.488 bits per heavy atom. The smallest absolute Gasteiger partial charge is 0.122 e. The van der Waals surface area contributed by atoms with Crippen LogP contribution in [0.2, 0.25) is 0 Å². The first kappa shape index (κ1) is 35.2. The fourth-order valence-electron chi connectivity index (χ4n) is 5.92. The number of phenols is 2. The first-order valence-electron chi connectivity index (χ1n) is 17.2. The van der Waals surface area contributed by atoms with Gasteiger partial charge < -0.3 is 10.2 Å². The predicted octanol–water partition coefficient (Wildman–Crippen LogP) is 11.9. The molecule has 0 aliphatic carbocycles. The molecule has 0 fully saturated rings. The summed E-state index contributed by atoms with van der Waals surface area (Å²) >= 11 is 0. The van der Waals surface area contributed by atoms with Gasteiger partial charge in [0.05, 0.1) is 0 Å². The van der Waals surface area contributed by atoms with Crippen LogP contribution in [0.15, 0.2) is 24.3 Å². The lowest BCUT2D eigenvalue weighted by Crippen LogP contribution is -2.18. The van der Waals surface area contributed by atoms with Crippen LogP contribution >= 0.6 is 0 Å². The third kappa shape index (κ3) is 10.7. The largest absolute Gasteiger partial charge is 0.507 e. The van der Waals surface area contributed by atoms with Gasteiger partial charge in [-0.2, -0.15) is 0 Å². The van der Waals surface area contributed by atoms with Gasteiger partial charge in [0.15, 0.2) is 0 Å². The number of unbranched alkanes of at least 4 members (excludes halogenated alkanes) is 10. The molecule has 232 valence electrons. The maximum Gasteiger partial charge on any atom is 0.122 e. The van der Waals surface area contributed by atoms with Crippen LogP contribution < -0.4 is 0 Å². The Morgan fingerprint density at radius 3 is 1.17 bits per heavy atom. The van der Waals surface area contributed by atoms with Crippen LogP contribution in [0.1, 0.15) is 179 Å². The topological polar surface area (TPSA) is 40.5 Å². The Hall–Kier alpha value is -1.96. The molecular weight excluding hydrogens is 500 g/mol. The summed E-state index contributed by atoms with van der Waals surface area (Å²) in [7, 11) is 0. The molecule has 0 amide bonds. The molecule has 2 heteroatoms. The zero-order valence-electron chi connectivity index (χ0n) is 28.2. The van der Waals surface area contributed by atoms with E-state index in [0.717, 1.165) is 47.9 Å². The van der Waals surface area contributed by atoms with Crippen LogP contribution in [0, 0.1) is 0 Å². The van der Waals surface area contributed by atoms with Crippen LogP contribution in [0.25, 0.3) is 0 Å². The minimum atomic E-state index is -0.104. The monoisotopic (exact) mass is 564 g/mol. The van der Waals surface area contributed by atoms with E-state index >= 15 is 0 Å². The van der Waals surface area contributed by atoms with Gasteiger partial charge in [0, 0.05) is 17.5 Å². The molecule has 2 nitrogen and oxygen atoms in total. The van der Waals surface area contributed by atoms with E-state index in [1.807, 2.05) is 0 Å². The van der Waals surface area contributed by atoms with Crippen LogP contribution in [-0.4, -0.2) is 10.2 Å². The van der Waals surface area contributed by atoms with Gasteiger partial charge in [-0.3, -0.25) is 0 Å². The molecule has 0 bridgehead atoms. The van der Waals surface area contributed by atoms with Crippen molar-refractivity contribution in [2.24, 2.45) is 0 Å². The van der Waals surface area contributed by atoms with E-state index in [-0.39, 0.29) is 10.8 Å². The van der Waals surface area contributed by atoms with Gasteiger partial charge in [0.2, 0.25) is 0 Å². The van der Waals surface area contributed by atoms with Crippen molar-refractivity contribution in [3.05, 3.63) is 57.6 Å². The Bertz CT molecular complexity index is 963. The zero-order chi connectivity index (χ0) is 30.5. The summed E-state index contributed by atoms with van der Waals surface area (Å²) in [4.78, 5) is 0. The molecule has 0 atom stereocenters. The number of phenolic OH excluding ortho intramolecular Hbond substituents is 2. The molecule has 2 N–H and O–H groups in total. The zero-order valence-corrected chi connectivity index (χ0v) is 28.2. The molecule has 0 aliphatic heterocycles. The normalized spacial score (nSPS) is 12.3. The van der Waals surface area contributed by atoms with Crippen LogP contribution in [0.3, 0.4) is 0 Å². The molecule has 2 aromatic carbocycles. The fourth-order valence-corrected chi connectivity index (χ4v) is 5.92. The Balaban J connectivity index is 2.42. The lowest BCUT2D eigenvalue weighted by atomic mass is 9.77. The van der Waals surface area contributed by atoms with Crippen molar-refractivity contribution >= 4 is 0 Å². The SMILES string of the molecule is CCCCCCCCc1cc(Cc2cc(CCCCCCCC)cc(C(C)(C)CC)c2O)c(O)c(C(C)(C)CC)c1. The molecule has 0 radical (unpaired) electrons. The van der Waals surface area contributed by atoms with Gasteiger partial charge in [-0.05, 0) is 71.6 Å². The summed E-state index contributed by atoms with van der Waals surface area (Å²) < 4.78 is 0. The first-order chi connectivity index (χ1) is 19.5. The van der Waals surface area contributed by atoms with E-state index in [0.29, 0.717) is 17.9 Å². The average Bonchev–Trinajstić information content (AvgIpc) is 2.95. The summed E-state index contributed by atoms with van der Waals surface area (Å²) in [6, 6.07) is 8.96. The van der Waals surface area contributed by atoms with Crippen molar-refractivity contribution < 1.29 is 10.2 Å². The second-order valence-corrected chi connectivity index (χ2v) is 14.0. The molecule has 41 heavy (non-hydrogen) atoms. The first-order valence-corrected chi connectivity index (χ1v) is 17.2. The standard InChI is InChI=1S/C39H64O2/c1-9-13-15-17-19-21-23-30-25-32(36(40)34(27-30)38(5,6)11-3)29-33-26-31(24-22-20-18-16-14-10-2)28-35(37(33)41)39(7,8)12-4/h25-28,40-41H,9-24,29H2,1-8H3. The second kappa shape index (κ2) is 17.2. The number of rotatable bonds is 20. The summed E-state index contributed by atoms with van der Waals surface area (Å²) in [5, 5.41) is 23.2. The highest BCUT2D eigenvalue weighted by atomic mass is 16.3. The van der Waals surface area contributed by atoms with E-state index in [4.69, 9.17) is 0 Å². The molecule has 0 aromatic heterocycles. The Kier molecular flexibility index (Phi) is 14.8. The molecule has 0 unspecified atom stereocenters. The minimum absolute atomic E-state index is 0.104. The fraction of sp³-hybridized carbons (Fsp3) is 0.692. The summed E-state index contributed by atoms with van der Waals surface area (Å²) in [5.74, 6) is 0.834. The highest BCUT2D eigenvalue weighted by molar-refractivity contribution is 5.53. The number of aryl methyl sites for hydroxylation is 2. The van der Waals surface area contributed by atoms with E-state index in [1.54, 1.807) is 0 Å². The highest BCUT2D eigenvalue weighted by Gasteiger charge is 2.27. The third-order valence-corrected chi connectivity index (χ3v) is 9.74. The maximum absolute atomic E-state index is 11.6. The summed E-state index contributed by atoms with van der Waals surface area (Å²) in [5.41, 5.74) is 6.45. The molecule has 0 aliphatic rings. The lowest BCUT2D eigenvalue weighted by molar-refractivity contribution is 0.419. The quantitative estimate of drug-likeness (QED) is 0.157. The van der Waals surface area contributed by atoms with E-state index in [9.17, 15) is 10.2 Å². The average molecular weight is 565 g/mol. The molecule has 0 saturated heterocycles.